The first-order valence-electron chi connectivity index (χ1n) is 16.3. The van der Waals surface area contributed by atoms with E-state index in [0.717, 1.165) is 43.7 Å². The smallest absolute Gasteiger partial charge is 0.0894 e. The van der Waals surface area contributed by atoms with Gasteiger partial charge in [-0.15, -0.1) is 0 Å². The van der Waals surface area contributed by atoms with Crippen molar-refractivity contribution < 1.29 is 4.39 Å². The average molecular weight is 568 g/mol. The van der Waals surface area contributed by atoms with E-state index < -0.39 is 0 Å². The van der Waals surface area contributed by atoms with Crippen LogP contribution in [0.15, 0.2) is 67.2 Å². The lowest BCUT2D eigenvalue weighted by Gasteiger charge is -2.26. The average Bonchev–Trinajstić information content (AvgIpc) is 3.47. The van der Waals surface area contributed by atoms with Gasteiger partial charge in [0.2, 0.25) is 0 Å². The molecule has 0 amide bonds. The van der Waals surface area contributed by atoms with Crippen molar-refractivity contribution in [2.24, 2.45) is 11.8 Å². The summed E-state index contributed by atoms with van der Waals surface area (Å²) in [5.41, 5.74) is 19.0. The SMILES string of the molecule is C=Cc1ccc(/C2=C(\c3ccc(C)cc3)c3ccc(N)cc3CC(C)CC2)cc1CC.CC1CCCC1.CCCCF. The van der Waals surface area contributed by atoms with Gasteiger partial charge < -0.3 is 5.73 Å². The van der Waals surface area contributed by atoms with Gasteiger partial charge in [-0.3, -0.25) is 4.39 Å². The summed E-state index contributed by atoms with van der Waals surface area (Å²) in [7, 11) is 0. The maximum atomic E-state index is 11.0. The fourth-order valence-electron chi connectivity index (χ4n) is 6.08. The molecule has 0 radical (unpaired) electrons. The molecule has 0 aliphatic heterocycles. The molecule has 2 heteroatoms. The van der Waals surface area contributed by atoms with E-state index in [4.69, 9.17) is 5.73 Å². The third kappa shape index (κ3) is 9.45. The van der Waals surface area contributed by atoms with Crippen molar-refractivity contribution in [2.45, 2.75) is 98.8 Å². The number of unbranched alkanes of at least 4 members (excludes halogenated alkanes) is 1. The van der Waals surface area contributed by atoms with Gasteiger partial charge in [0.1, 0.15) is 0 Å². The highest BCUT2D eigenvalue weighted by Crippen LogP contribution is 2.41. The van der Waals surface area contributed by atoms with Gasteiger partial charge in [0, 0.05) is 5.69 Å². The molecule has 0 spiro atoms. The summed E-state index contributed by atoms with van der Waals surface area (Å²) in [4.78, 5) is 0. The van der Waals surface area contributed by atoms with Crippen LogP contribution in [-0.2, 0) is 12.8 Å². The quantitative estimate of drug-likeness (QED) is 0.295. The molecule has 1 saturated carbocycles. The van der Waals surface area contributed by atoms with Crippen molar-refractivity contribution in [1.29, 1.82) is 0 Å². The number of nitrogens with two attached hydrogens (primary N) is 1. The molecular weight excluding hydrogens is 513 g/mol. The van der Waals surface area contributed by atoms with E-state index in [-0.39, 0.29) is 6.67 Å². The normalized spacial score (nSPS) is 18.5. The first-order valence-corrected chi connectivity index (χ1v) is 16.3. The molecular formula is C40H54FN. The lowest BCUT2D eigenvalue weighted by atomic mass is 9.79. The lowest BCUT2D eigenvalue weighted by molar-refractivity contribution is 0.469. The number of hydrogen-bond acceptors (Lipinski definition) is 1. The lowest BCUT2D eigenvalue weighted by Crippen LogP contribution is -2.10. The second-order valence-electron chi connectivity index (χ2n) is 12.4. The molecule has 2 N–H and O–H groups in total. The number of hydrogen-bond donors (Lipinski definition) is 1. The van der Waals surface area contributed by atoms with Gasteiger partial charge in [0.05, 0.1) is 6.67 Å². The van der Waals surface area contributed by atoms with E-state index >= 15 is 0 Å². The van der Waals surface area contributed by atoms with Crippen molar-refractivity contribution in [2.75, 3.05) is 12.4 Å². The largest absolute Gasteiger partial charge is 0.399 e. The molecule has 1 atom stereocenters. The maximum Gasteiger partial charge on any atom is 0.0894 e. The monoisotopic (exact) mass is 567 g/mol. The number of nitrogen functional groups attached to an aromatic ring is 1. The Balaban J connectivity index is 0.000000370. The zero-order valence-corrected chi connectivity index (χ0v) is 26.9. The highest BCUT2D eigenvalue weighted by atomic mass is 19.1. The molecule has 3 aromatic rings. The Bertz CT molecular complexity index is 1290. The molecule has 0 saturated heterocycles. The third-order valence-corrected chi connectivity index (χ3v) is 8.72. The second-order valence-corrected chi connectivity index (χ2v) is 12.4. The summed E-state index contributed by atoms with van der Waals surface area (Å²) in [5, 5.41) is 0. The third-order valence-electron chi connectivity index (χ3n) is 8.72. The minimum atomic E-state index is -0.156. The summed E-state index contributed by atoms with van der Waals surface area (Å²) in [5.74, 6) is 1.67. The van der Waals surface area contributed by atoms with Crippen LogP contribution in [0.5, 0.6) is 0 Å². The summed E-state index contributed by atoms with van der Waals surface area (Å²) in [6.45, 7) is 14.9. The van der Waals surface area contributed by atoms with Crippen LogP contribution in [0.25, 0.3) is 17.2 Å². The van der Waals surface area contributed by atoms with Gasteiger partial charge in [0.15, 0.2) is 0 Å². The molecule has 0 aromatic heterocycles. The molecule has 1 nitrogen and oxygen atoms in total. The topological polar surface area (TPSA) is 26.0 Å². The zero-order valence-electron chi connectivity index (χ0n) is 26.9. The molecule has 0 heterocycles. The first-order chi connectivity index (χ1) is 20.3. The van der Waals surface area contributed by atoms with Crippen molar-refractivity contribution >= 4 is 22.9 Å². The molecule has 226 valence electrons. The number of allylic oxidation sites excluding steroid dienone is 1. The number of halogens is 1. The van der Waals surface area contributed by atoms with Crippen LogP contribution in [0.4, 0.5) is 10.1 Å². The van der Waals surface area contributed by atoms with Gasteiger partial charge in [0.25, 0.3) is 0 Å². The molecule has 2 aliphatic rings. The van der Waals surface area contributed by atoms with Crippen LogP contribution in [0.3, 0.4) is 0 Å². The van der Waals surface area contributed by atoms with Crippen LogP contribution in [0.1, 0.15) is 118 Å². The van der Waals surface area contributed by atoms with E-state index in [1.807, 2.05) is 13.0 Å². The van der Waals surface area contributed by atoms with Gasteiger partial charge in [-0.25, -0.2) is 0 Å². The Kier molecular flexibility index (Phi) is 13.6. The minimum absolute atomic E-state index is 0.156. The van der Waals surface area contributed by atoms with Crippen LogP contribution in [-0.4, -0.2) is 6.67 Å². The van der Waals surface area contributed by atoms with Gasteiger partial charge >= 0.3 is 0 Å². The van der Waals surface area contributed by atoms with Crippen LogP contribution < -0.4 is 5.73 Å². The number of fused-ring (bicyclic) bond motifs is 1. The van der Waals surface area contributed by atoms with E-state index in [9.17, 15) is 4.39 Å². The van der Waals surface area contributed by atoms with Crippen molar-refractivity contribution in [3.63, 3.8) is 0 Å². The molecule has 3 aromatic carbocycles. The number of anilines is 1. The Morgan fingerprint density at radius 2 is 1.57 bits per heavy atom. The summed E-state index contributed by atoms with van der Waals surface area (Å²) >= 11 is 0. The Hall–Kier alpha value is -3.13. The predicted octanol–water partition coefficient (Wildman–Crippen LogP) is 11.7. The highest BCUT2D eigenvalue weighted by Gasteiger charge is 2.22. The number of alkyl halides is 1. The fourth-order valence-corrected chi connectivity index (χ4v) is 6.08. The van der Waals surface area contributed by atoms with Gasteiger partial charge in [-0.2, -0.15) is 0 Å². The molecule has 1 unspecified atom stereocenters. The van der Waals surface area contributed by atoms with Crippen LogP contribution in [0.2, 0.25) is 0 Å². The highest BCUT2D eigenvalue weighted by molar-refractivity contribution is 6.00. The van der Waals surface area contributed by atoms with E-state index in [1.165, 1.54) is 82.2 Å². The first kappa shape index (κ1) is 33.4. The maximum absolute atomic E-state index is 11.0. The van der Waals surface area contributed by atoms with Crippen molar-refractivity contribution in [3.05, 3.63) is 106 Å². The number of aryl methyl sites for hydroxylation is 2. The van der Waals surface area contributed by atoms with Crippen molar-refractivity contribution in [3.8, 4) is 0 Å². The summed E-state index contributed by atoms with van der Waals surface area (Å²) in [6, 6.07) is 22.3. The summed E-state index contributed by atoms with van der Waals surface area (Å²) in [6.07, 6.45) is 13.9. The Morgan fingerprint density at radius 1 is 0.881 bits per heavy atom. The molecule has 42 heavy (non-hydrogen) atoms. The standard InChI is InChI=1S/C30H33N.C6H12.C4H9F/c1-5-22-12-13-25(18-23(22)6-2)28-15-9-21(4)17-26-19-27(31)14-16-29(26)30(28)24-10-7-20(3)8-11-24;1-6-4-2-3-5-6;1-2-3-4-5/h5,7-8,10-14,16,18-19,21H,1,6,9,15,17,31H2,2-4H3;6H,2-5H2,1H3;2-4H2,1H3/b30-28+;;. The Morgan fingerprint density at radius 3 is 2.12 bits per heavy atom. The van der Waals surface area contributed by atoms with E-state index in [0.29, 0.717) is 5.92 Å². The fraction of sp³-hybridized carbons (Fsp3) is 0.450. The predicted molar refractivity (Wildman–Crippen MR) is 184 cm³/mol. The minimum Gasteiger partial charge on any atom is -0.399 e. The van der Waals surface area contributed by atoms with E-state index in [2.05, 4.69) is 94.9 Å². The van der Waals surface area contributed by atoms with Crippen LogP contribution >= 0.6 is 0 Å². The molecule has 0 bridgehead atoms. The summed E-state index contributed by atoms with van der Waals surface area (Å²) < 4.78 is 11.0. The molecule has 1 fully saturated rings. The molecule has 2 aliphatic carbocycles. The van der Waals surface area contributed by atoms with Gasteiger partial charge in [-0.1, -0.05) is 127 Å². The van der Waals surface area contributed by atoms with Crippen LogP contribution in [0, 0.1) is 18.8 Å². The van der Waals surface area contributed by atoms with Gasteiger partial charge in [-0.05, 0) is 108 Å². The second kappa shape index (κ2) is 17.1. The number of rotatable bonds is 6. The van der Waals surface area contributed by atoms with E-state index in [1.54, 1.807) is 0 Å². The van der Waals surface area contributed by atoms with Crippen molar-refractivity contribution in [1.82, 2.24) is 0 Å². The molecule has 5 rings (SSSR count). The number of benzene rings is 3. The Labute approximate surface area is 256 Å². The zero-order chi connectivity index (χ0) is 30.5.